The second kappa shape index (κ2) is 8.76. The van der Waals surface area contributed by atoms with Gasteiger partial charge in [-0.3, -0.25) is 4.31 Å². The number of benzene rings is 3. The van der Waals surface area contributed by atoms with Crippen LogP contribution in [0.2, 0.25) is 5.02 Å². The Kier molecular flexibility index (Phi) is 6.35. The fraction of sp³-hybridized carbons (Fsp3) is 0.182. The Bertz CT molecular complexity index is 1100. The summed E-state index contributed by atoms with van der Waals surface area (Å²) in [5, 5.41) is 0.404. The highest BCUT2D eigenvalue weighted by atomic mass is 35.5. The summed E-state index contributed by atoms with van der Waals surface area (Å²) in [6.07, 6.45) is 0. The van der Waals surface area contributed by atoms with Gasteiger partial charge in [0, 0.05) is 11.1 Å². The average Bonchev–Trinajstić information content (AvgIpc) is 2.74. The number of nitrogens with zero attached hydrogens (tertiary/aromatic N) is 1. The van der Waals surface area contributed by atoms with Crippen molar-refractivity contribution in [2.75, 3.05) is 18.5 Å². The number of rotatable bonds is 7. The van der Waals surface area contributed by atoms with E-state index >= 15 is 0 Å². The molecule has 3 aromatic rings. The maximum absolute atomic E-state index is 13.6. The summed E-state index contributed by atoms with van der Waals surface area (Å²) in [5.41, 5.74) is 1.83. The molecule has 29 heavy (non-hydrogen) atoms. The summed E-state index contributed by atoms with van der Waals surface area (Å²) in [7, 11) is -0.753. The monoisotopic (exact) mass is 431 g/mol. The lowest BCUT2D eigenvalue weighted by atomic mass is 10.2. The first-order valence-corrected chi connectivity index (χ1v) is 10.7. The number of methoxy groups -OCH3 is 2. The molecule has 0 fully saturated rings. The van der Waals surface area contributed by atoms with Crippen molar-refractivity contribution in [1.29, 1.82) is 0 Å². The Morgan fingerprint density at radius 1 is 0.897 bits per heavy atom. The maximum atomic E-state index is 13.6. The zero-order valence-electron chi connectivity index (χ0n) is 16.4. The first-order valence-electron chi connectivity index (χ1n) is 8.91. The number of ether oxygens (including phenoxy) is 2. The molecule has 0 aliphatic rings. The zero-order chi connectivity index (χ0) is 21.0. The van der Waals surface area contributed by atoms with Crippen molar-refractivity contribution in [3.05, 3.63) is 82.9 Å². The number of anilines is 1. The van der Waals surface area contributed by atoms with E-state index in [1.165, 1.54) is 4.31 Å². The molecule has 0 radical (unpaired) electrons. The van der Waals surface area contributed by atoms with Crippen LogP contribution in [-0.4, -0.2) is 22.6 Å². The molecule has 152 valence electrons. The fourth-order valence-electron chi connectivity index (χ4n) is 2.96. The van der Waals surface area contributed by atoms with Crippen molar-refractivity contribution >= 4 is 27.3 Å². The van der Waals surface area contributed by atoms with Crippen LogP contribution in [0.5, 0.6) is 11.5 Å². The quantitative estimate of drug-likeness (QED) is 0.524. The Morgan fingerprint density at radius 3 is 2.21 bits per heavy atom. The SMILES string of the molecule is COc1ccc(CN(c2cccc(OC)c2)S(=O)(=O)c2cccc(Cl)c2C)cc1. The van der Waals surface area contributed by atoms with Crippen LogP contribution in [0.3, 0.4) is 0 Å². The molecule has 7 heteroatoms. The predicted molar refractivity (Wildman–Crippen MR) is 116 cm³/mol. The van der Waals surface area contributed by atoms with E-state index in [4.69, 9.17) is 21.1 Å². The summed E-state index contributed by atoms with van der Waals surface area (Å²) in [6, 6.07) is 19.1. The van der Waals surface area contributed by atoms with E-state index in [0.717, 1.165) is 5.56 Å². The Morgan fingerprint density at radius 2 is 1.55 bits per heavy atom. The average molecular weight is 432 g/mol. The van der Waals surface area contributed by atoms with E-state index in [1.54, 1.807) is 75.7 Å². The molecule has 0 unspecified atom stereocenters. The Hall–Kier alpha value is -2.70. The molecule has 3 rings (SSSR count). The van der Waals surface area contributed by atoms with Crippen LogP contribution >= 0.6 is 11.6 Å². The molecule has 3 aromatic carbocycles. The van der Waals surface area contributed by atoms with Crippen LogP contribution < -0.4 is 13.8 Å². The highest BCUT2D eigenvalue weighted by Gasteiger charge is 2.28. The minimum absolute atomic E-state index is 0.144. The second-order valence-electron chi connectivity index (χ2n) is 6.42. The second-order valence-corrected chi connectivity index (χ2v) is 8.66. The fourth-order valence-corrected chi connectivity index (χ4v) is 4.89. The third-order valence-corrected chi connectivity index (χ3v) is 6.94. The molecule has 0 aliphatic heterocycles. The molecule has 5 nitrogen and oxygen atoms in total. The summed E-state index contributed by atoms with van der Waals surface area (Å²) in [5.74, 6) is 1.27. The van der Waals surface area contributed by atoms with Gasteiger partial charge in [0.05, 0.1) is 31.3 Å². The molecule has 0 atom stereocenters. The molecule has 0 aromatic heterocycles. The highest BCUT2D eigenvalue weighted by molar-refractivity contribution is 7.92. The van der Waals surface area contributed by atoms with Crippen molar-refractivity contribution < 1.29 is 17.9 Å². The van der Waals surface area contributed by atoms with E-state index in [0.29, 0.717) is 27.8 Å². The van der Waals surface area contributed by atoms with Crippen LogP contribution in [0.1, 0.15) is 11.1 Å². The van der Waals surface area contributed by atoms with Gasteiger partial charge in [0.25, 0.3) is 10.0 Å². The molecular formula is C22H22ClNO4S. The van der Waals surface area contributed by atoms with Crippen LogP contribution in [0.4, 0.5) is 5.69 Å². The van der Waals surface area contributed by atoms with Gasteiger partial charge in [-0.05, 0) is 54.4 Å². The highest BCUT2D eigenvalue weighted by Crippen LogP contribution is 2.32. The molecule has 0 saturated heterocycles. The Balaban J connectivity index is 2.11. The molecule has 0 aliphatic carbocycles. The van der Waals surface area contributed by atoms with Crippen molar-refractivity contribution in [3.63, 3.8) is 0 Å². The third-order valence-electron chi connectivity index (χ3n) is 4.61. The van der Waals surface area contributed by atoms with Crippen molar-refractivity contribution in [2.24, 2.45) is 0 Å². The van der Waals surface area contributed by atoms with Gasteiger partial charge in [0.1, 0.15) is 11.5 Å². The van der Waals surface area contributed by atoms with Crippen molar-refractivity contribution in [3.8, 4) is 11.5 Å². The van der Waals surface area contributed by atoms with Gasteiger partial charge >= 0.3 is 0 Å². The minimum Gasteiger partial charge on any atom is -0.497 e. The first-order chi connectivity index (χ1) is 13.9. The molecule has 0 N–H and O–H groups in total. The maximum Gasteiger partial charge on any atom is 0.264 e. The summed E-state index contributed by atoms with van der Waals surface area (Å²) < 4.78 is 39.1. The van der Waals surface area contributed by atoms with Gasteiger partial charge in [0.2, 0.25) is 0 Å². The summed E-state index contributed by atoms with van der Waals surface area (Å²) in [4.78, 5) is 0.168. The lowest BCUT2D eigenvalue weighted by Crippen LogP contribution is -2.31. The van der Waals surface area contributed by atoms with Crippen molar-refractivity contribution in [1.82, 2.24) is 0 Å². The smallest absolute Gasteiger partial charge is 0.264 e. The lowest BCUT2D eigenvalue weighted by Gasteiger charge is -2.26. The summed E-state index contributed by atoms with van der Waals surface area (Å²) >= 11 is 6.19. The number of hydrogen-bond donors (Lipinski definition) is 0. The van der Waals surface area contributed by atoms with Crippen LogP contribution in [-0.2, 0) is 16.6 Å². The van der Waals surface area contributed by atoms with E-state index in [2.05, 4.69) is 0 Å². The van der Waals surface area contributed by atoms with E-state index in [9.17, 15) is 8.42 Å². The number of hydrogen-bond acceptors (Lipinski definition) is 4. The van der Waals surface area contributed by atoms with Gasteiger partial charge in [-0.2, -0.15) is 0 Å². The molecule has 0 spiro atoms. The van der Waals surface area contributed by atoms with E-state index in [1.807, 2.05) is 12.1 Å². The van der Waals surface area contributed by atoms with Gasteiger partial charge < -0.3 is 9.47 Å². The van der Waals surface area contributed by atoms with Gasteiger partial charge in [0.15, 0.2) is 0 Å². The molecule has 0 saturated carbocycles. The van der Waals surface area contributed by atoms with Crippen LogP contribution in [0, 0.1) is 6.92 Å². The molecule has 0 bridgehead atoms. The predicted octanol–water partition coefficient (Wildman–Crippen LogP) is 5.06. The number of halogens is 1. The van der Waals surface area contributed by atoms with E-state index in [-0.39, 0.29) is 11.4 Å². The lowest BCUT2D eigenvalue weighted by molar-refractivity contribution is 0.414. The van der Waals surface area contributed by atoms with Gasteiger partial charge in [-0.25, -0.2) is 8.42 Å². The third kappa shape index (κ3) is 4.49. The topological polar surface area (TPSA) is 55.8 Å². The molecule has 0 heterocycles. The van der Waals surface area contributed by atoms with Gasteiger partial charge in [-0.15, -0.1) is 0 Å². The largest absolute Gasteiger partial charge is 0.497 e. The Labute approximate surface area is 176 Å². The van der Waals surface area contributed by atoms with Crippen LogP contribution in [0.15, 0.2) is 71.6 Å². The van der Waals surface area contributed by atoms with Crippen molar-refractivity contribution in [2.45, 2.75) is 18.4 Å². The first kappa shape index (κ1) is 21.0. The zero-order valence-corrected chi connectivity index (χ0v) is 18.0. The molecular weight excluding hydrogens is 410 g/mol. The van der Waals surface area contributed by atoms with Crippen LogP contribution in [0.25, 0.3) is 0 Å². The van der Waals surface area contributed by atoms with Gasteiger partial charge in [-0.1, -0.05) is 35.9 Å². The standard InChI is InChI=1S/C22H22ClNO4S/c1-16-21(23)8-5-9-22(16)29(25,26)24(18-6-4-7-20(14-18)28-3)15-17-10-12-19(27-2)13-11-17/h4-14H,15H2,1-3H3. The molecule has 0 amide bonds. The number of sulfonamides is 1. The summed E-state index contributed by atoms with van der Waals surface area (Å²) in [6.45, 7) is 1.85. The normalized spacial score (nSPS) is 11.2. The minimum atomic E-state index is -3.88. The van der Waals surface area contributed by atoms with E-state index < -0.39 is 10.0 Å².